The lowest BCUT2D eigenvalue weighted by atomic mass is 9.86. The Balaban J connectivity index is 1.84. The predicted octanol–water partition coefficient (Wildman–Crippen LogP) is 2.52. The molecule has 2 heteroatoms. The van der Waals surface area contributed by atoms with E-state index in [9.17, 15) is 0 Å². The van der Waals surface area contributed by atoms with E-state index in [1.165, 1.54) is 64.3 Å². The first-order chi connectivity index (χ1) is 7.42. The van der Waals surface area contributed by atoms with Crippen molar-refractivity contribution in [3.63, 3.8) is 0 Å². The zero-order valence-corrected chi connectivity index (χ0v) is 9.96. The summed E-state index contributed by atoms with van der Waals surface area (Å²) < 4.78 is 0. The van der Waals surface area contributed by atoms with Crippen molar-refractivity contribution in [1.82, 2.24) is 4.90 Å². The van der Waals surface area contributed by atoms with Gasteiger partial charge in [-0.05, 0) is 45.2 Å². The number of nitrogens with zero attached hydrogens (tertiary/aromatic N) is 1. The number of rotatable bonds is 5. The van der Waals surface area contributed by atoms with Crippen LogP contribution in [0.1, 0.15) is 57.8 Å². The van der Waals surface area contributed by atoms with E-state index in [0.717, 1.165) is 18.6 Å². The molecule has 0 aromatic carbocycles. The molecule has 88 valence electrons. The summed E-state index contributed by atoms with van der Waals surface area (Å²) in [5.41, 5.74) is 5.64. The van der Waals surface area contributed by atoms with E-state index in [4.69, 9.17) is 5.73 Å². The summed E-state index contributed by atoms with van der Waals surface area (Å²) in [6, 6.07) is 1.82. The van der Waals surface area contributed by atoms with Crippen molar-refractivity contribution in [2.24, 2.45) is 5.73 Å². The van der Waals surface area contributed by atoms with E-state index in [0.29, 0.717) is 0 Å². The first kappa shape index (κ1) is 11.4. The molecule has 15 heavy (non-hydrogen) atoms. The van der Waals surface area contributed by atoms with Gasteiger partial charge in [-0.15, -0.1) is 0 Å². The maximum absolute atomic E-state index is 5.64. The van der Waals surface area contributed by atoms with Crippen molar-refractivity contribution in [2.75, 3.05) is 13.1 Å². The molecule has 0 spiro atoms. The summed E-state index contributed by atoms with van der Waals surface area (Å²) in [4.78, 5) is 2.80. The molecule has 2 aliphatic carbocycles. The Morgan fingerprint density at radius 2 is 1.47 bits per heavy atom. The molecule has 0 aliphatic heterocycles. The Hall–Kier alpha value is -0.0800. The lowest BCUT2D eigenvalue weighted by molar-refractivity contribution is 0.0593. The van der Waals surface area contributed by atoms with Crippen molar-refractivity contribution < 1.29 is 0 Å². The Bertz CT molecular complexity index is 171. The van der Waals surface area contributed by atoms with Gasteiger partial charge in [0.15, 0.2) is 0 Å². The Labute approximate surface area is 94.2 Å². The minimum Gasteiger partial charge on any atom is -0.330 e. The van der Waals surface area contributed by atoms with Gasteiger partial charge in [0, 0.05) is 12.1 Å². The molecule has 2 N–H and O–H groups in total. The average Bonchev–Trinajstić information content (AvgIpc) is 2.22. The quantitative estimate of drug-likeness (QED) is 0.755. The molecule has 2 nitrogen and oxygen atoms in total. The molecule has 2 rings (SSSR count). The van der Waals surface area contributed by atoms with Gasteiger partial charge < -0.3 is 5.73 Å². The highest BCUT2D eigenvalue weighted by Gasteiger charge is 2.30. The summed E-state index contributed by atoms with van der Waals surface area (Å²) in [6.45, 7) is 2.11. The lowest BCUT2D eigenvalue weighted by Gasteiger charge is -2.44. The largest absolute Gasteiger partial charge is 0.330 e. The third kappa shape index (κ3) is 2.94. The highest BCUT2D eigenvalue weighted by Crippen LogP contribution is 2.31. The molecule has 2 saturated carbocycles. The monoisotopic (exact) mass is 210 g/mol. The molecule has 0 aromatic heterocycles. The van der Waals surface area contributed by atoms with E-state index in [2.05, 4.69) is 4.90 Å². The summed E-state index contributed by atoms with van der Waals surface area (Å²) in [6.07, 6.45) is 12.8. The molecule has 0 saturated heterocycles. The van der Waals surface area contributed by atoms with Crippen LogP contribution in [0.5, 0.6) is 0 Å². The SMILES string of the molecule is NCCCN(C1CCCCC1)C1CCC1. The fourth-order valence-electron chi connectivity index (χ4n) is 3.07. The maximum Gasteiger partial charge on any atom is 0.00982 e. The fraction of sp³-hybridized carbons (Fsp3) is 1.00. The molecule has 2 fully saturated rings. The normalized spacial score (nSPS) is 24.4. The minimum atomic E-state index is 0.857. The van der Waals surface area contributed by atoms with Crippen molar-refractivity contribution in [2.45, 2.75) is 69.9 Å². The lowest BCUT2D eigenvalue weighted by Crippen LogP contribution is -2.48. The Morgan fingerprint density at radius 3 is 1.93 bits per heavy atom. The smallest absolute Gasteiger partial charge is 0.00982 e. The van der Waals surface area contributed by atoms with Crippen LogP contribution in [-0.2, 0) is 0 Å². The average molecular weight is 210 g/mol. The van der Waals surface area contributed by atoms with Crippen LogP contribution in [-0.4, -0.2) is 30.1 Å². The minimum absolute atomic E-state index is 0.857. The maximum atomic E-state index is 5.64. The van der Waals surface area contributed by atoms with Gasteiger partial charge in [0.2, 0.25) is 0 Å². The topological polar surface area (TPSA) is 29.3 Å². The van der Waals surface area contributed by atoms with E-state index in [-0.39, 0.29) is 0 Å². The summed E-state index contributed by atoms with van der Waals surface area (Å²) in [5.74, 6) is 0. The van der Waals surface area contributed by atoms with Gasteiger partial charge in [-0.2, -0.15) is 0 Å². The van der Waals surface area contributed by atoms with Crippen molar-refractivity contribution >= 4 is 0 Å². The van der Waals surface area contributed by atoms with Gasteiger partial charge in [0.25, 0.3) is 0 Å². The van der Waals surface area contributed by atoms with Crippen LogP contribution in [0.2, 0.25) is 0 Å². The van der Waals surface area contributed by atoms with E-state index in [1.807, 2.05) is 0 Å². The van der Waals surface area contributed by atoms with E-state index >= 15 is 0 Å². The Kier molecular flexibility index (Phi) is 4.45. The highest BCUT2D eigenvalue weighted by atomic mass is 15.2. The van der Waals surface area contributed by atoms with Gasteiger partial charge in [-0.3, -0.25) is 4.90 Å². The number of nitrogens with two attached hydrogens (primary N) is 1. The second-order valence-corrected chi connectivity index (χ2v) is 5.26. The van der Waals surface area contributed by atoms with Gasteiger partial charge in [0.1, 0.15) is 0 Å². The van der Waals surface area contributed by atoms with Crippen LogP contribution in [0.4, 0.5) is 0 Å². The molecule has 0 radical (unpaired) electrons. The van der Waals surface area contributed by atoms with Crippen LogP contribution in [0.3, 0.4) is 0 Å². The fourth-order valence-corrected chi connectivity index (χ4v) is 3.07. The molecule has 0 amide bonds. The molecule has 2 aliphatic rings. The van der Waals surface area contributed by atoms with Gasteiger partial charge >= 0.3 is 0 Å². The zero-order valence-electron chi connectivity index (χ0n) is 9.96. The number of hydrogen-bond donors (Lipinski definition) is 1. The molecule has 0 bridgehead atoms. The first-order valence-corrected chi connectivity index (χ1v) is 6.87. The summed E-state index contributed by atoms with van der Waals surface area (Å²) in [7, 11) is 0. The third-order valence-corrected chi connectivity index (χ3v) is 4.21. The third-order valence-electron chi connectivity index (χ3n) is 4.21. The first-order valence-electron chi connectivity index (χ1n) is 6.87. The second-order valence-electron chi connectivity index (χ2n) is 5.26. The van der Waals surface area contributed by atoms with E-state index < -0.39 is 0 Å². The highest BCUT2D eigenvalue weighted by molar-refractivity contribution is 4.86. The van der Waals surface area contributed by atoms with Crippen LogP contribution in [0, 0.1) is 0 Å². The molecular weight excluding hydrogens is 184 g/mol. The summed E-state index contributed by atoms with van der Waals surface area (Å²) >= 11 is 0. The van der Waals surface area contributed by atoms with Crippen LogP contribution in [0.25, 0.3) is 0 Å². The molecule has 0 atom stereocenters. The van der Waals surface area contributed by atoms with Crippen LogP contribution < -0.4 is 5.73 Å². The standard InChI is InChI=1S/C13H26N2/c14-10-5-11-15(13-8-4-9-13)12-6-2-1-3-7-12/h12-13H,1-11,14H2. The predicted molar refractivity (Wildman–Crippen MR) is 64.9 cm³/mol. The van der Waals surface area contributed by atoms with Gasteiger partial charge in [0.05, 0.1) is 0 Å². The van der Waals surface area contributed by atoms with Crippen LogP contribution in [0.15, 0.2) is 0 Å². The molecule has 0 unspecified atom stereocenters. The van der Waals surface area contributed by atoms with Crippen molar-refractivity contribution in [1.29, 1.82) is 0 Å². The molecule has 0 heterocycles. The van der Waals surface area contributed by atoms with Gasteiger partial charge in [-0.1, -0.05) is 25.7 Å². The number of hydrogen-bond acceptors (Lipinski definition) is 2. The zero-order chi connectivity index (χ0) is 10.5. The second kappa shape index (κ2) is 5.86. The summed E-state index contributed by atoms with van der Waals surface area (Å²) in [5, 5.41) is 0. The van der Waals surface area contributed by atoms with Crippen molar-refractivity contribution in [3.05, 3.63) is 0 Å². The van der Waals surface area contributed by atoms with E-state index in [1.54, 1.807) is 0 Å². The van der Waals surface area contributed by atoms with Gasteiger partial charge in [-0.25, -0.2) is 0 Å². The van der Waals surface area contributed by atoms with Crippen molar-refractivity contribution in [3.8, 4) is 0 Å². The molecular formula is C13H26N2. The van der Waals surface area contributed by atoms with Crippen LogP contribution >= 0.6 is 0 Å². The molecule has 0 aromatic rings. The Morgan fingerprint density at radius 1 is 0.867 bits per heavy atom.